The molecule has 6 heteroatoms. The van der Waals surface area contributed by atoms with Gasteiger partial charge in [-0.25, -0.2) is 8.42 Å². The average molecular weight is 387 g/mol. The van der Waals surface area contributed by atoms with Crippen LogP contribution in [0.25, 0.3) is 0 Å². The third-order valence-electron chi connectivity index (χ3n) is 5.08. The van der Waals surface area contributed by atoms with E-state index in [0.717, 1.165) is 16.6 Å². The van der Waals surface area contributed by atoms with E-state index in [-0.39, 0.29) is 23.6 Å². The average Bonchev–Trinajstić information content (AvgIpc) is 3.07. The Morgan fingerprint density at radius 1 is 1.08 bits per heavy atom. The van der Waals surface area contributed by atoms with Crippen molar-refractivity contribution >= 4 is 32.5 Å². The smallest absolute Gasteiger partial charge is 0.164 e. The largest absolute Gasteiger partial charge is 0.315 e. The van der Waals surface area contributed by atoms with Crippen LogP contribution in [-0.2, 0) is 15.6 Å². The molecule has 0 saturated carbocycles. The van der Waals surface area contributed by atoms with Crippen molar-refractivity contribution in [3.63, 3.8) is 0 Å². The third kappa shape index (κ3) is 3.40. The van der Waals surface area contributed by atoms with Crippen LogP contribution < -0.4 is 4.90 Å². The molecule has 0 aromatic heterocycles. The SMILES string of the molecule is Cc1ccc(CSC2=N[C@H]3CS(=O)(=O)C[C@H]3N2c2ccccc2)cc1C. The summed E-state index contributed by atoms with van der Waals surface area (Å²) in [7, 11) is -3.01. The van der Waals surface area contributed by atoms with Crippen molar-refractivity contribution in [2.45, 2.75) is 31.7 Å². The normalized spacial score (nSPS) is 23.8. The van der Waals surface area contributed by atoms with Crippen LogP contribution in [0.1, 0.15) is 16.7 Å². The third-order valence-corrected chi connectivity index (χ3v) is 7.82. The second kappa shape index (κ2) is 6.74. The molecule has 0 spiro atoms. The van der Waals surface area contributed by atoms with E-state index in [0.29, 0.717) is 0 Å². The number of hydrogen-bond donors (Lipinski definition) is 0. The number of anilines is 1. The summed E-state index contributed by atoms with van der Waals surface area (Å²) < 4.78 is 24.1. The van der Waals surface area contributed by atoms with Crippen molar-refractivity contribution in [3.05, 3.63) is 65.2 Å². The molecule has 136 valence electrons. The lowest BCUT2D eigenvalue weighted by Gasteiger charge is -2.26. The standard InChI is InChI=1S/C20H22N2O2S2/c1-14-8-9-16(10-15(14)2)11-25-20-21-18-12-26(23,24)13-19(18)22(20)17-6-4-3-5-7-17/h3-10,18-19H,11-13H2,1-2H3/t18-,19+/m0/s1. The van der Waals surface area contributed by atoms with Crippen LogP contribution in [0.4, 0.5) is 5.69 Å². The number of rotatable bonds is 3. The molecule has 1 fully saturated rings. The summed E-state index contributed by atoms with van der Waals surface area (Å²) in [6.45, 7) is 4.24. The molecule has 0 N–H and O–H groups in total. The van der Waals surface area contributed by atoms with Crippen molar-refractivity contribution in [1.29, 1.82) is 0 Å². The molecular weight excluding hydrogens is 364 g/mol. The minimum atomic E-state index is -3.01. The molecule has 4 rings (SSSR count). The maximum Gasteiger partial charge on any atom is 0.164 e. The molecule has 2 aliphatic rings. The summed E-state index contributed by atoms with van der Waals surface area (Å²) in [4.78, 5) is 6.91. The zero-order valence-electron chi connectivity index (χ0n) is 14.9. The molecule has 0 radical (unpaired) electrons. The van der Waals surface area contributed by atoms with Crippen molar-refractivity contribution in [1.82, 2.24) is 0 Å². The highest BCUT2D eigenvalue weighted by atomic mass is 32.2. The van der Waals surface area contributed by atoms with E-state index in [9.17, 15) is 8.42 Å². The fraction of sp³-hybridized carbons (Fsp3) is 0.350. The molecule has 26 heavy (non-hydrogen) atoms. The van der Waals surface area contributed by atoms with Gasteiger partial charge >= 0.3 is 0 Å². The van der Waals surface area contributed by atoms with E-state index in [1.54, 1.807) is 11.8 Å². The molecule has 4 nitrogen and oxygen atoms in total. The summed E-state index contributed by atoms with van der Waals surface area (Å²) in [6.07, 6.45) is 0. The molecule has 2 atom stereocenters. The Hall–Kier alpha value is -1.79. The van der Waals surface area contributed by atoms with E-state index < -0.39 is 9.84 Å². The Bertz CT molecular complexity index is 955. The number of sulfone groups is 1. The molecule has 0 amide bonds. The molecule has 1 saturated heterocycles. The topological polar surface area (TPSA) is 49.7 Å². The Morgan fingerprint density at radius 3 is 2.58 bits per heavy atom. The number of fused-ring (bicyclic) bond motifs is 1. The highest BCUT2D eigenvalue weighted by Crippen LogP contribution is 2.35. The van der Waals surface area contributed by atoms with Gasteiger partial charge in [-0.05, 0) is 42.7 Å². The quantitative estimate of drug-likeness (QED) is 0.809. The first-order chi connectivity index (χ1) is 12.4. The predicted molar refractivity (Wildman–Crippen MR) is 110 cm³/mol. The summed E-state index contributed by atoms with van der Waals surface area (Å²) >= 11 is 1.69. The van der Waals surface area contributed by atoms with Gasteiger partial charge in [-0.15, -0.1) is 0 Å². The number of amidine groups is 1. The number of nitrogens with zero attached hydrogens (tertiary/aromatic N) is 2. The Morgan fingerprint density at radius 2 is 1.85 bits per heavy atom. The lowest BCUT2D eigenvalue weighted by atomic mass is 10.1. The lowest BCUT2D eigenvalue weighted by molar-refractivity contribution is 0.601. The van der Waals surface area contributed by atoms with Crippen molar-refractivity contribution in [3.8, 4) is 0 Å². The molecule has 0 bridgehead atoms. The Kier molecular flexibility index (Phi) is 4.57. The Labute approximate surface area is 159 Å². The number of benzene rings is 2. The van der Waals surface area contributed by atoms with Crippen LogP contribution in [0.15, 0.2) is 53.5 Å². The van der Waals surface area contributed by atoms with E-state index in [2.05, 4.69) is 36.9 Å². The molecule has 0 unspecified atom stereocenters. The maximum absolute atomic E-state index is 12.1. The highest BCUT2D eigenvalue weighted by molar-refractivity contribution is 8.13. The fourth-order valence-electron chi connectivity index (χ4n) is 3.56. The van der Waals surface area contributed by atoms with E-state index in [4.69, 9.17) is 4.99 Å². The van der Waals surface area contributed by atoms with Gasteiger partial charge in [0, 0.05) is 11.4 Å². The van der Waals surface area contributed by atoms with Gasteiger partial charge in [-0.2, -0.15) is 0 Å². The summed E-state index contributed by atoms with van der Waals surface area (Å²) in [5.41, 5.74) is 4.86. The van der Waals surface area contributed by atoms with Crippen LogP contribution in [0.5, 0.6) is 0 Å². The molecule has 2 heterocycles. The van der Waals surface area contributed by atoms with Crippen LogP contribution in [0.2, 0.25) is 0 Å². The van der Waals surface area contributed by atoms with Crippen LogP contribution >= 0.6 is 11.8 Å². The van der Waals surface area contributed by atoms with Gasteiger partial charge in [-0.3, -0.25) is 4.99 Å². The van der Waals surface area contributed by atoms with Gasteiger partial charge < -0.3 is 4.90 Å². The fourth-order valence-corrected chi connectivity index (χ4v) is 6.47. The number of aliphatic imine (C=N–C) groups is 1. The summed E-state index contributed by atoms with van der Waals surface area (Å²) in [5.74, 6) is 1.17. The van der Waals surface area contributed by atoms with Crippen LogP contribution in [0.3, 0.4) is 0 Å². The first kappa shape index (κ1) is 17.6. The van der Waals surface area contributed by atoms with Gasteiger partial charge in [0.25, 0.3) is 0 Å². The van der Waals surface area contributed by atoms with Crippen molar-refractivity contribution < 1.29 is 8.42 Å². The number of para-hydroxylation sites is 1. The van der Waals surface area contributed by atoms with E-state index >= 15 is 0 Å². The zero-order chi connectivity index (χ0) is 18.3. The molecule has 2 aliphatic heterocycles. The molecular formula is C20H22N2O2S2. The Balaban J connectivity index is 1.59. The van der Waals surface area contributed by atoms with Crippen LogP contribution in [0, 0.1) is 13.8 Å². The monoisotopic (exact) mass is 386 g/mol. The van der Waals surface area contributed by atoms with Gasteiger partial charge in [-0.1, -0.05) is 48.2 Å². The van der Waals surface area contributed by atoms with Gasteiger partial charge in [0.05, 0.1) is 23.6 Å². The minimum Gasteiger partial charge on any atom is -0.315 e. The van der Waals surface area contributed by atoms with Crippen LogP contribution in [-0.4, -0.2) is 37.2 Å². The second-order valence-corrected chi connectivity index (χ2v) is 10.1. The number of thioether (sulfide) groups is 1. The molecule has 0 aliphatic carbocycles. The molecule has 2 aromatic rings. The summed E-state index contributed by atoms with van der Waals surface area (Å²) in [6, 6.07) is 16.3. The van der Waals surface area contributed by atoms with E-state index in [1.165, 1.54) is 16.7 Å². The molecule has 2 aromatic carbocycles. The number of aryl methyl sites for hydroxylation is 2. The van der Waals surface area contributed by atoms with Gasteiger partial charge in [0.15, 0.2) is 15.0 Å². The van der Waals surface area contributed by atoms with Gasteiger partial charge in [0.1, 0.15) is 0 Å². The predicted octanol–water partition coefficient (Wildman–Crippen LogP) is 3.58. The first-order valence-electron chi connectivity index (χ1n) is 8.74. The lowest BCUT2D eigenvalue weighted by Crippen LogP contribution is -2.39. The number of hydrogen-bond acceptors (Lipinski definition) is 5. The first-order valence-corrected chi connectivity index (χ1v) is 11.5. The van der Waals surface area contributed by atoms with Gasteiger partial charge in [0.2, 0.25) is 0 Å². The minimum absolute atomic E-state index is 0.0790. The van der Waals surface area contributed by atoms with Crippen molar-refractivity contribution in [2.75, 3.05) is 16.4 Å². The zero-order valence-corrected chi connectivity index (χ0v) is 16.6. The summed E-state index contributed by atoms with van der Waals surface area (Å²) in [5, 5.41) is 0.930. The maximum atomic E-state index is 12.1. The second-order valence-electron chi connectivity index (χ2n) is 7.04. The highest BCUT2D eigenvalue weighted by Gasteiger charge is 2.47. The van der Waals surface area contributed by atoms with E-state index in [1.807, 2.05) is 30.3 Å². The van der Waals surface area contributed by atoms with Crippen molar-refractivity contribution in [2.24, 2.45) is 4.99 Å².